The van der Waals surface area contributed by atoms with Crippen LogP contribution in [-0.4, -0.2) is 22.0 Å². The number of aromatic nitrogens is 2. The second kappa shape index (κ2) is 8.03. The Labute approximate surface area is 191 Å². The Morgan fingerprint density at radius 1 is 1.03 bits per heavy atom. The van der Waals surface area contributed by atoms with Crippen LogP contribution in [0.25, 0.3) is 11.0 Å². The van der Waals surface area contributed by atoms with Crippen LogP contribution >= 0.6 is 23.2 Å². The van der Waals surface area contributed by atoms with Gasteiger partial charge in [0, 0.05) is 34.6 Å². The van der Waals surface area contributed by atoms with Crippen LogP contribution in [0, 0.1) is 6.92 Å². The molecule has 0 radical (unpaired) electrons. The number of nitrogens with zero attached hydrogens (tertiary/aromatic N) is 3. The zero-order valence-corrected chi connectivity index (χ0v) is 18.6. The molecule has 5 rings (SSSR count). The molecule has 0 aliphatic carbocycles. The summed E-state index contributed by atoms with van der Waals surface area (Å²) in [6.45, 7) is 3.23. The largest absolute Gasteiger partial charge is 0.323 e. The topological polar surface area (TPSA) is 38.1 Å². The summed E-state index contributed by atoms with van der Waals surface area (Å²) in [7, 11) is 0. The van der Waals surface area contributed by atoms with Gasteiger partial charge >= 0.3 is 0 Å². The fourth-order valence-corrected chi connectivity index (χ4v) is 4.72. The standard InChI is InChI=1S/C25H21Cl2N3O/c1-16-6-10-20(11-7-16)29-15-18(12-24(29)31)25-28-22-4-2-3-5-23(22)30(25)14-17-8-9-19(26)13-21(17)27/h2-11,13,18H,12,14-15H2,1H3. The Bertz CT molecular complexity index is 1280. The molecular weight excluding hydrogens is 429 g/mol. The van der Waals surface area contributed by atoms with Crippen molar-refractivity contribution in [2.45, 2.75) is 25.8 Å². The Morgan fingerprint density at radius 2 is 1.81 bits per heavy atom. The third-order valence-electron chi connectivity index (χ3n) is 5.86. The molecule has 1 aromatic heterocycles. The van der Waals surface area contributed by atoms with E-state index in [0.29, 0.717) is 29.6 Å². The second-order valence-corrected chi connectivity index (χ2v) is 8.87. The summed E-state index contributed by atoms with van der Waals surface area (Å²) in [6, 6.07) is 21.7. The van der Waals surface area contributed by atoms with E-state index in [1.165, 1.54) is 5.56 Å². The van der Waals surface area contributed by atoms with Gasteiger partial charge in [0.25, 0.3) is 0 Å². The molecular formula is C25H21Cl2N3O. The van der Waals surface area contributed by atoms with Crippen LogP contribution in [0.15, 0.2) is 66.7 Å². The van der Waals surface area contributed by atoms with Gasteiger partial charge in [0.1, 0.15) is 5.82 Å². The molecule has 0 bridgehead atoms. The number of hydrogen-bond donors (Lipinski definition) is 0. The van der Waals surface area contributed by atoms with Gasteiger partial charge in [-0.15, -0.1) is 0 Å². The van der Waals surface area contributed by atoms with Crippen LogP contribution in [0.3, 0.4) is 0 Å². The van der Waals surface area contributed by atoms with Crippen molar-refractivity contribution in [1.29, 1.82) is 0 Å². The number of para-hydroxylation sites is 2. The van der Waals surface area contributed by atoms with Gasteiger partial charge in [-0.05, 0) is 48.9 Å². The van der Waals surface area contributed by atoms with Crippen LogP contribution in [0.5, 0.6) is 0 Å². The lowest BCUT2D eigenvalue weighted by atomic mass is 10.1. The van der Waals surface area contributed by atoms with Gasteiger partial charge in [0.2, 0.25) is 5.91 Å². The number of carbonyl (C=O) groups is 1. The predicted molar refractivity (Wildman–Crippen MR) is 126 cm³/mol. The van der Waals surface area contributed by atoms with Gasteiger partial charge in [-0.25, -0.2) is 4.98 Å². The summed E-state index contributed by atoms with van der Waals surface area (Å²) in [5, 5.41) is 1.24. The number of hydrogen-bond acceptors (Lipinski definition) is 2. The molecule has 6 heteroatoms. The van der Waals surface area contributed by atoms with Crippen molar-refractivity contribution in [3.8, 4) is 0 Å². The fraction of sp³-hybridized carbons (Fsp3) is 0.200. The molecule has 4 nitrogen and oxygen atoms in total. The van der Waals surface area contributed by atoms with E-state index in [-0.39, 0.29) is 11.8 Å². The number of aryl methyl sites for hydroxylation is 1. The second-order valence-electron chi connectivity index (χ2n) is 8.02. The summed E-state index contributed by atoms with van der Waals surface area (Å²) in [5.74, 6) is 1.04. The van der Waals surface area contributed by atoms with Crippen molar-refractivity contribution < 1.29 is 4.79 Å². The molecule has 2 heterocycles. The first-order valence-electron chi connectivity index (χ1n) is 10.3. The number of benzene rings is 3. The number of rotatable bonds is 4. The number of amides is 1. The Hall–Kier alpha value is -2.82. The lowest BCUT2D eigenvalue weighted by Crippen LogP contribution is -2.24. The first-order valence-corrected chi connectivity index (χ1v) is 11.0. The van der Waals surface area contributed by atoms with E-state index >= 15 is 0 Å². The van der Waals surface area contributed by atoms with Crippen LogP contribution in [0.4, 0.5) is 5.69 Å². The van der Waals surface area contributed by atoms with E-state index < -0.39 is 0 Å². The summed E-state index contributed by atoms with van der Waals surface area (Å²) in [6.07, 6.45) is 0.436. The van der Waals surface area contributed by atoms with Crippen molar-refractivity contribution in [2.24, 2.45) is 0 Å². The van der Waals surface area contributed by atoms with Crippen LogP contribution in [0.1, 0.15) is 29.3 Å². The third kappa shape index (κ3) is 3.82. The predicted octanol–water partition coefficient (Wildman–Crippen LogP) is 6.22. The molecule has 1 amide bonds. The van der Waals surface area contributed by atoms with Crippen molar-refractivity contribution in [2.75, 3.05) is 11.4 Å². The number of halogens is 2. The highest BCUT2D eigenvalue weighted by atomic mass is 35.5. The normalized spacial score (nSPS) is 16.4. The van der Waals surface area contributed by atoms with Crippen molar-refractivity contribution in [3.05, 3.63) is 93.7 Å². The van der Waals surface area contributed by atoms with E-state index in [9.17, 15) is 4.79 Å². The van der Waals surface area contributed by atoms with Gasteiger partial charge in [0.15, 0.2) is 0 Å². The molecule has 1 fully saturated rings. The first-order chi connectivity index (χ1) is 15.0. The minimum atomic E-state index is 0.00674. The van der Waals surface area contributed by atoms with E-state index in [1.807, 2.05) is 66.4 Å². The molecule has 1 aliphatic rings. The van der Waals surface area contributed by atoms with Crippen LogP contribution in [-0.2, 0) is 11.3 Å². The number of imidazole rings is 1. The van der Waals surface area contributed by atoms with E-state index in [4.69, 9.17) is 28.2 Å². The third-order valence-corrected chi connectivity index (χ3v) is 6.45. The zero-order valence-electron chi connectivity index (χ0n) is 17.1. The summed E-state index contributed by atoms with van der Waals surface area (Å²) in [4.78, 5) is 19.7. The van der Waals surface area contributed by atoms with Crippen LogP contribution < -0.4 is 4.90 Å². The van der Waals surface area contributed by atoms with Gasteiger partial charge in [0.05, 0.1) is 17.6 Å². The van der Waals surface area contributed by atoms with Gasteiger partial charge in [-0.3, -0.25) is 4.79 Å². The van der Waals surface area contributed by atoms with E-state index in [0.717, 1.165) is 28.1 Å². The summed E-state index contributed by atoms with van der Waals surface area (Å²) in [5.41, 5.74) is 5.03. The first kappa shape index (κ1) is 20.1. The van der Waals surface area contributed by atoms with Gasteiger partial charge < -0.3 is 9.47 Å². The Morgan fingerprint density at radius 3 is 2.58 bits per heavy atom. The SMILES string of the molecule is Cc1ccc(N2CC(c3nc4ccccc4n3Cc3ccc(Cl)cc3Cl)CC2=O)cc1. The lowest BCUT2D eigenvalue weighted by Gasteiger charge is -2.18. The molecule has 0 saturated carbocycles. The molecule has 1 aliphatic heterocycles. The minimum absolute atomic E-state index is 0.00674. The molecule has 3 aromatic carbocycles. The zero-order chi connectivity index (χ0) is 21.5. The van der Waals surface area contributed by atoms with Crippen LogP contribution in [0.2, 0.25) is 10.0 Å². The fourth-order valence-electron chi connectivity index (χ4n) is 4.25. The highest BCUT2D eigenvalue weighted by Crippen LogP contribution is 2.34. The number of fused-ring (bicyclic) bond motifs is 1. The smallest absolute Gasteiger partial charge is 0.227 e. The average Bonchev–Trinajstić information content (AvgIpc) is 3.31. The molecule has 156 valence electrons. The molecule has 1 atom stereocenters. The van der Waals surface area contributed by atoms with Crippen molar-refractivity contribution in [1.82, 2.24) is 9.55 Å². The maximum Gasteiger partial charge on any atom is 0.227 e. The molecule has 4 aromatic rings. The number of anilines is 1. The molecule has 0 spiro atoms. The van der Waals surface area contributed by atoms with Crippen molar-refractivity contribution in [3.63, 3.8) is 0 Å². The maximum absolute atomic E-state index is 12.9. The highest BCUT2D eigenvalue weighted by molar-refractivity contribution is 6.35. The minimum Gasteiger partial charge on any atom is -0.323 e. The van der Waals surface area contributed by atoms with E-state index in [1.54, 1.807) is 6.07 Å². The van der Waals surface area contributed by atoms with Crippen molar-refractivity contribution >= 4 is 45.8 Å². The maximum atomic E-state index is 12.9. The summed E-state index contributed by atoms with van der Waals surface area (Å²) < 4.78 is 2.18. The Balaban J connectivity index is 1.53. The molecule has 1 saturated heterocycles. The highest BCUT2D eigenvalue weighted by Gasteiger charge is 2.34. The molecule has 31 heavy (non-hydrogen) atoms. The molecule has 1 unspecified atom stereocenters. The quantitative estimate of drug-likeness (QED) is 0.370. The number of carbonyl (C=O) groups excluding carboxylic acids is 1. The monoisotopic (exact) mass is 449 g/mol. The molecule has 0 N–H and O–H groups in total. The van der Waals surface area contributed by atoms with E-state index in [2.05, 4.69) is 10.6 Å². The Kier molecular flexibility index (Phi) is 5.20. The average molecular weight is 450 g/mol. The summed E-state index contributed by atoms with van der Waals surface area (Å²) >= 11 is 12.6. The van der Waals surface area contributed by atoms with Gasteiger partial charge in [-0.2, -0.15) is 0 Å². The lowest BCUT2D eigenvalue weighted by molar-refractivity contribution is -0.117. The van der Waals surface area contributed by atoms with Gasteiger partial charge in [-0.1, -0.05) is 59.1 Å².